The molecule has 0 aliphatic rings. The number of carbonyl (C=O) groups is 1. The zero-order valence-electron chi connectivity index (χ0n) is 22.2. The highest BCUT2D eigenvalue weighted by Gasteiger charge is 2.32. The van der Waals surface area contributed by atoms with Crippen LogP contribution in [-0.2, 0) is 16.4 Å². The first-order valence-corrected chi connectivity index (χ1v) is 15.4. The van der Waals surface area contributed by atoms with Gasteiger partial charge < -0.3 is 10.3 Å². The highest BCUT2D eigenvalue weighted by molar-refractivity contribution is 7.92. The normalized spacial score (nSPS) is 12.4. The van der Waals surface area contributed by atoms with Crippen LogP contribution in [0.3, 0.4) is 0 Å². The molecule has 3 aromatic heterocycles. The third-order valence-corrected chi connectivity index (χ3v) is 9.85. The van der Waals surface area contributed by atoms with E-state index in [0.29, 0.717) is 29.4 Å². The SMILES string of the molecule is CC(c1nc2ccccc2[nH]1)N(c1ccc2sc(C(=O)NCCc3ccccn3)cc2c1)S(=O)(=O)c1ccccc1. The molecule has 0 fully saturated rings. The van der Waals surface area contributed by atoms with Gasteiger partial charge in [-0.15, -0.1) is 11.3 Å². The number of aromatic nitrogens is 3. The summed E-state index contributed by atoms with van der Waals surface area (Å²) in [5.41, 5.74) is 2.98. The molecule has 2 N–H and O–H groups in total. The number of carbonyl (C=O) groups excluding carboxylic acids is 1. The van der Waals surface area contributed by atoms with E-state index in [-0.39, 0.29) is 10.8 Å². The number of hydrogen-bond donors (Lipinski definition) is 2. The third-order valence-electron chi connectivity index (χ3n) is 6.83. The Morgan fingerprint density at radius 1 is 0.976 bits per heavy atom. The number of rotatable bonds is 9. The number of sulfonamides is 1. The summed E-state index contributed by atoms with van der Waals surface area (Å²) >= 11 is 1.37. The molecule has 0 saturated carbocycles. The van der Waals surface area contributed by atoms with Crippen LogP contribution < -0.4 is 9.62 Å². The second-order valence-corrected chi connectivity index (χ2v) is 12.5. The van der Waals surface area contributed by atoms with Gasteiger partial charge in [-0.3, -0.25) is 14.1 Å². The second kappa shape index (κ2) is 11.1. The number of imidazole rings is 1. The first kappa shape index (κ1) is 26.7. The van der Waals surface area contributed by atoms with Gasteiger partial charge in [-0.2, -0.15) is 0 Å². The van der Waals surface area contributed by atoms with Crippen LogP contribution in [0.1, 0.15) is 34.2 Å². The van der Waals surface area contributed by atoms with E-state index in [0.717, 1.165) is 26.8 Å². The molecule has 0 radical (unpaired) electrons. The molecule has 6 aromatic rings. The van der Waals surface area contributed by atoms with Crippen molar-refractivity contribution in [1.82, 2.24) is 20.3 Å². The van der Waals surface area contributed by atoms with E-state index in [2.05, 4.69) is 20.3 Å². The molecule has 0 spiro atoms. The molecule has 3 aromatic carbocycles. The second-order valence-electron chi connectivity index (χ2n) is 9.59. The largest absolute Gasteiger partial charge is 0.351 e. The number of nitrogens with zero attached hydrogens (tertiary/aromatic N) is 3. The number of benzene rings is 3. The lowest BCUT2D eigenvalue weighted by Gasteiger charge is -2.29. The first-order valence-electron chi connectivity index (χ1n) is 13.2. The van der Waals surface area contributed by atoms with Crippen molar-refractivity contribution in [2.75, 3.05) is 10.8 Å². The zero-order chi connectivity index (χ0) is 28.4. The highest BCUT2D eigenvalue weighted by atomic mass is 32.2. The summed E-state index contributed by atoms with van der Waals surface area (Å²) in [6.07, 6.45) is 2.37. The van der Waals surface area contributed by atoms with Gasteiger partial charge in [-0.1, -0.05) is 36.4 Å². The quantitative estimate of drug-likeness (QED) is 0.214. The molecule has 6 rings (SSSR count). The molecule has 1 amide bonds. The van der Waals surface area contributed by atoms with Crippen LogP contribution in [0.15, 0.2) is 108 Å². The van der Waals surface area contributed by atoms with E-state index in [1.165, 1.54) is 15.6 Å². The van der Waals surface area contributed by atoms with Gasteiger partial charge in [0.15, 0.2) is 0 Å². The summed E-state index contributed by atoms with van der Waals surface area (Å²) in [5, 5.41) is 3.74. The van der Waals surface area contributed by atoms with Gasteiger partial charge in [0.2, 0.25) is 0 Å². The van der Waals surface area contributed by atoms with Crippen LogP contribution in [0, 0.1) is 0 Å². The summed E-state index contributed by atoms with van der Waals surface area (Å²) < 4.78 is 30.4. The molecule has 206 valence electrons. The van der Waals surface area contributed by atoms with Crippen LogP contribution in [0.2, 0.25) is 0 Å². The Morgan fingerprint density at radius 3 is 2.54 bits per heavy atom. The van der Waals surface area contributed by atoms with Crippen molar-refractivity contribution in [3.8, 4) is 0 Å². The monoisotopic (exact) mass is 581 g/mol. The van der Waals surface area contributed by atoms with Crippen molar-refractivity contribution in [2.45, 2.75) is 24.3 Å². The molecule has 3 heterocycles. The van der Waals surface area contributed by atoms with Crippen LogP contribution in [0.4, 0.5) is 5.69 Å². The van der Waals surface area contributed by atoms with Crippen molar-refractivity contribution < 1.29 is 13.2 Å². The van der Waals surface area contributed by atoms with Crippen molar-refractivity contribution >= 4 is 54.1 Å². The molecule has 8 nitrogen and oxygen atoms in total. The predicted molar refractivity (Wildman–Crippen MR) is 163 cm³/mol. The summed E-state index contributed by atoms with van der Waals surface area (Å²) in [5.74, 6) is 0.359. The summed E-state index contributed by atoms with van der Waals surface area (Å²) in [6.45, 7) is 2.28. The zero-order valence-corrected chi connectivity index (χ0v) is 23.8. The van der Waals surface area contributed by atoms with Crippen molar-refractivity contribution in [2.24, 2.45) is 0 Å². The van der Waals surface area contributed by atoms with E-state index in [9.17, 15) is 13.2 Å². The Kier molecular flexibility index (Phi) is 7.25. The molecule has 0 saturated heterocycles. The summed E-state index contributed by atoms with van der Waals surface area (Å²) in [7, 11) is -3.96. The number of fused-ring (bicyclic) bond motifs is 2. The predicted octanol–water partition coefficient (Wildman–Crippen LogP) is 6.10. The molecule has 1 atom stereocenters. The topological polar surface area (TPSA) is 108 Å². The summed E-state index contributed by atoms with van der Waals surface area (Å²) in [4.78, 5) is 25.9. The Hall–Kier alpha value is -4.54. The molecule has 0 bridgehead atoms. The number of anilines is 1. The minimum Gasteiger partial charge on any atom is -0.351 e. The Labute approximate surface area is 241 Å². The number of pyridine rings is 1. The molecule has 0 aliphatic carbocycles. The Morgan fingerprint density at radius 2 is 1.76 bits per heavy atom. The minimum atomic E-state index is -3.96. The molecular weight excluding hydrogens is 555 g/mol. The van der Waals surface area contributed by atoms with Gasteiger partial charge in [0.25, 0.3) is 15.9 Å². The number of hydrogen-bond acceptors (Lipinski definition) is 6. The van der Waals surface area contributed by atoms with E-state index < -0.39 is 16.1 Å². The molecular formula is C31H27N5O3S2. The van der Waals surface area contributed by atoms with Gasteiger partial charge in [0.05, 0.1) is 26.5 Å². The fourth-order valence-corrected chi connectivity index (χ4v) is 7.37. The van der Waals surface area contributed by atoms with E-state index in [4.69, 9.17) is 0 Å². The number of aromatic amines is 1. The molecule has 1 unspecified atom stereocenters. The molecule has 10 heteroatoms. The molecule has 0 aliphatic heterocycles. The Bertz CT molecular complexity index is 1900. The third kappa shape index (κ3) is 5.44. The maximum absolute atomic E-state index is 14.1. The Balaban J connectivity index is 1.33. The standard InChI is InChI=1S/C31H27N5O3S2/c1-21(30-34-26-12-5-6-13-27(26)35-30)36(41(38,39)25-10-3-2-4-11-25)24-14-15-28-22(19-24)20-29(40-28)31(37)33-18-16-23-9-7-8-17-32-23/h2-15,17,19-21H,16,18H2,1H3,(H,33,37)(H,34,35). The fourth-order valence-electron chi connectivity index (χ4n) is 4.77. The van der Waals surface area contributed by atoms with Crippen LogP contribution in [0.25, 0.3) is 21.1 Å². The maximum Gasteiger partial charge on any atom is 0.264 e. The van der Waals surface area contributed by atoms with Crippen molar-refractivity contribution in [3.63, 3.8) is 0 Å². The van der Waals surface area contributed by atoms with Crippen molar-refractivity contribution in [3.05, 3.63) is 120 Å². The van der Waals surface area contributed by atoms with E-state index >= 15 is 0 Å². The number of para-hydroxylation sites is 2. The van der Waals surface area contributed by atoms with Crippen LogP contribution >= 0.6 is 11.3 Å². The average molecular weight is 582 g/mol. The lowest BCUT2D eigenvalue weighted by Crippen LogP contribution is -2.34. The van der Waals surface area contributed by atoms with Gasteiger partial charge in [0, 0.05) is 29.6 Å². The van der Waals surface area contributed by atoms with Gasteiger partial charge >= 0.3 is 0 Å². The minimum absolute atomic E-state index is 0.173. The van der Waals surface area contributed by atoms with Crippen LogP contribution in [-0.4, -0.2) is 35.8 Å². The molecule has 41 heavy (non-hydrogen) atoms. The smallest absolute Gasteiger partial charge is 0.264 e. The van der Waals surface area contributed by atoms with Crippen molar-refractivity contribution in [1.29, 1.82) is 0 Å². The average Bonchev–Trinajstić information content (AvgIpc) is 3.63. The van der Waals surface area contributed by atoms with E-state index in [1.54, 1.807) is 48.7 Å². The number of H-pyrrole nitrogens is 1. The number of nitrogens with one attached hydrogen (secondary N) is 2. The van der Waals surface area contributed by atoms with Crippen LogP contribution in [0.5, 0.6) is 0 Å². The van der Waals surface area contributed by atoms with Gasteiger partial charge in [-0.25, -0.2) is 13.4 Å². The lowest BCUT2D eigenvalue weighted by atomic mass is 10.2. The van der Waals surface area contributed by atoms with Gasteiger partial charge in [0.1, 0.15) is 11.9 Å². The van der Waals surface area contributed by atoms with E-state index in [1.807, 2.05) is 61.5 Å². The lowest BCUT2D eigenvalue weighted by molar-refractivity contribution is 0.0958. The highest BCUT2D eigenvalue weighted by Crippen LogP contribution is 2.36. The number of thiophene rings is 1. The maximum atomic E-state index is 14.1. The number of amides is 1. The van der Waals surface area contributed by atoms with Gasteiger partial charge in [-0.05, 0) is 73.0 Å². The summed E-state index contributed by atoms with van der Waals surface area (Å²) in [6, 6.07) is 28.3. The fraction of sp³-hybridized carbons (Fsp3) is 0.129. The first-order chi connectivity index (χ1) is 19.9.